The van der Waals surface area contributed by atoms with Crippen LogP contribution >= 0.6 is 0 Å². The van der Waals surface area contributed by atoms with E-state index in [4.69, 9.17) is 5.14 Å². The fraction of sp³-hybridized carbons (Fsp3) is 0.222. The third-order valence-corrected chi connectivity index (χ3v) is 7.86. The van der Waals surface area contributed by atoms with Gasteiger partial charge in [-0.2, -0.15) is 4.98 Å². The lowest BCUT2D eigenvalue weighted by atomic mass is 10.1. The highest BCUT2D eigenvalue weighted by Gasteiger charge is 2.31. The Morgan fingerprint density at radius 3 is 2.54 bits per heavy atom. The van der Waals surface area contributed by atoms with Crippen LogP contribution in [0.3, 0.4) is 0 Å². The quantitative estimate of drug-likeness (QED) is 0.354. The summed E-state index contributed by atoms with van der Waals surface area (Å²) in [5.41, 5.74) is -1.78. The van der Waals surface area contributed by atoms with Crippen LogP contribution < -0.4 is 15.7 Å². The van der Waals surface area contributed by atoms with Gasteiger partial charge in [0, 0.05) is 37.4 Å². The molecule has 11 nitrogen and oxygen atoms in total. The van der Waals surface area contributed by atoms with Gasteiger partial charge in [0.1, 0.15) is 28.0 Å². The zero-order valence-corrected chi connectivity index (χ0v) is 22.9. The predicted octanol–water partition coefficient (Wildman–Crippen LogP) is 2.30. The number of aromatic nitrogens is 4. The van der Waals surface area contributed by atoms with E-state index >= 15 is 4.39 Å². The number of carbonyl (C=O) groups excluding carboxylic acids is 1. The molecule has 1 saturated heterocycles. The number of piperazine rings is 1. The molecule has 41 heavy (non-hydrogen) atoms. The maximum Gasteiger partial charge on any atom is 0.355 e. The van der Waals surface area contributed by atoms with Gasteiger partial charge in [0.2, 0.25) is 15.9 Å². The highest BCUT2D eigenvalue weighted by atomic mass is 32.2. The van der Waals surface area contributed by atoms with Crippen LogP contribution in [0.25, 0.3) is 28.0 Å². The number of amides is 1. The van der Waals surface area contributed by atoms with E-state index in [-0.39, 0.29) is 65.4 Å². The first-order valence-electron chi connectivity index (χ1n) is 12.5. The second kappa shape index (κ2) is 10.4. The third kappa shape index (κ3) is 4.95. The topological polar surface area (TPSA) is 144 Å². The van der Waals surface area contributed by atoms with Crippen molar-refractivity contribution in [3.8, 4) is 16.9 Å². The van der Waals surface area contributed by atoms with Gasteiger partial charge in [-0.05, 0) is 44.2 Å². The number of nitrogens with zero attached hydrogens (tertiary/aromatic N) is 6. The molecule has 4 aromatic rings. The largest absolute Gasteiger partial charge is 0.355 e. The second-order valence-electron chi connectivity index (χ2n) is 9.54. The molecule has 0 aliphatic carbocycles. The van der Waals surface area contributed by atoms with Crippen molar-refractivity contribution < 1.29 is 22.0 Å². The minimum atomic E-state index is -4.37. The summed E-state index contributed by atoms with van der Waals surface area (Å²) in [4.78, 5) is 41.5. The Balaban J connectivity index is 1.84. The van der Waals surface area contributed by atoms with Crippen LogP contribution in [0.2, 0.25) is 0 Å². The molecule has 3 aromatic heterocycles. The Morgan fingerprint density at radius 2 is 1.88 bits per heavy atom. The summed E-state index contributed by atoms with van der Waals surface area (Å²) in [5.74, 6) is -1.82. The molecule has 1 aliphatic rings. The molecule has 1 aliphatic heterocycles. The highest BCUT2D eigenvalue weighted by Crippen LogP contribution is 2.33. The lowest BCUT2D eigenvalue weighted by Gasteiger charge is -2.40. The van der Waals surface area contributed by atoms with Gasteiger partial charge >= 0.3 is 5.69 Å². The van der Waals surface area contributed by atoms with E-state index in [1.54, 1.807) is 9.80 Å². The minimum Gasteiger partial charge on any atom is -0.350 e. The monoisotopic (exact) mass is 581 g/mol. The molecule has 212 valence electrons. The number of hydrogen-bond donors (Lipinski definition) is 1. The maximum atomic E-state index is 15.7. The molecule has 14 heteroatoms. The van der Waals surface area contributed by atoms with E-state index in [2.05, 4.69) is 21.5 Å². The fourth-order valence-corrected chi connectivity index (χ4v) is 5.77. The molecule has 0 spiro atoms. The van der Waals surface area contributed by atoms with Crippen LogP contribution in [0.15, 0.2) is 64.9 Å². The normalized spacial score (nSPS) is 15.8. The van der Waals surface area contributed by atoms with Crippen LogP contribution in [0.1, 0.15) is 12.6 Å². The zero-order valence-electron chi connectivity index (χ0n) is 22.1. The molecule has 0 bridgehead atoms. The van der Waals surface area contributed by atoms with Gasteiger partial charge < -0.3 is 9.80 Å². The molecule has 2 N–H and O–H groups in total. The van der Waals surface area contributed by atoms with Crippen molar-refractivity contribution in [2.24, 2.45) is 5.14 Å². The predicted molar refractivity (Wildman–Crippen MR) is 148 cm³/mol. The number of aryl methyl sites for hydroxylation is 1. The lowest BCUT2D eigenvalue weighted by molar-refractivity contribution is -0.126. The third-order valence-electron chi connectivity index (χ3n) is 6.92. The van der Waals surface area contributed by atoms with E-state index in [1.807, 2.05) is 6.92 Å². The van der Waals surface area contributed by atoms with Crippen LogP contribution in [0.4, 0.5) is 14.6 Å². The summed E-state index contributed by atoms with van der Waals surface area (Å²) in [7, 11) is -4.37. The van der Waals surface area contributed by atoms with Crippen molar-refractivity contribution in [1.29, 1.82) is 0 Å². The van der Waals surface area contributed by atoms with Crippen LogP contribution in [-0.4, -0.2) is 64.4 Å². The van der Waals surface area contributed by atoms with Gasteiger partial charge in [-0.3, -0.25) is 9.78 Å². The van der Waals surface area contributed by atoms with Gasteiger partial charge in [0.25, 0.3) is 0 Å². The second-order valence-corrected chi connectivity index (χ2v) is 11.1. The molecule has 5 rings (SSSR count). The summed E-state index contributed by atoms with van der Waals surface area (Å²) in [5, 5.41) is 5.52. The number of rotatable bonds is 5. The summed E-state index contributed by atoms with van der Waals surface area (Å²) >= 11 is 0. The van der Waals surface area contributed by atoms with Crippen molar-refractivity contribution in [3.05, 3.63) is 83.1 Å². The number of primary sulfonamides is 1. The van der Waals surface area contributed by atoms with Gasteiger partial charge in [-0.25, -0.2) is 36.7 Å². The molecular formula is C27H25F2N7O4S. The first-order chi connectivity index (χ1) is 19.4. The van der Waals surface area contributed by atoms with Crippen LogP contribution in [0.5, 0.6) is 0 Å². The molecule has 1 aromatic carbocycles. The van der Waals surface area contributed by atoms with E-state index in [9.17, 15) is 22.4 Å². The Bertz CT molecular complexity index is 1900. The lowest BCUT2D eigenvalue weighted by Crippen LogP contribution is -2.54. The maximum absolute atomic E-state index is 15.7. The summed E-state index contributed by atoms with van der Waals surface area (Å²) in [6.07, 6.45) is 2.43. The van der Waals surface area contributed by atoms with Crippen LogP contribution in [-0.2, 0) is 14.8 Å². The molecular weight excluding hydrogens is 556 g/mol. The van der Waals surface area contributed by atoms with E-state index in [0.717, 1.165) is 22.8 Å². The Morgan fingerprint density at radius 1 is 1.15 bits per heavy atom. The molecule has 1 atom stereocenters. The van der Waals surface area contributed by atoms with Crippen molar-refractivity contribution in [2.75, 3.05) is 24.5 Å². The molecule has 0 unspecified atom stereocenters. The number of sulfonamides is 1. The molecule has 0 saturated carbocycles. The smallest absolute Gasteiger partial charge is 0.350 e. The van der Waals surface area contributed by atoms with E-state index in [0.29, 0.717) is 0 Å². The van der Waals surface area contributed by atoms with Gasteiger partial charge in [0.05, 0.1) is 16.8 Å². The van der Waals surface area contributed by atoms with Gasteiger partial charge in [-0.1, -0.05) is 18.7 Å². The molecule has 4 heterocycles. The number of nitrogens with two attached hydrogens (primary N) is 1. The molecule has 1 fully saturated rings. The van der Waals surface area contributed by atoms with Crippen molar-refractivity contribution in [2.45, 2.75) is 24.8 Å². The highest BCUT2D eigenvalue weighted by molar-refractivity contribution is 7.89. The Labute approximate surface area is 233 Å². The van der Waals surface area contributed by atoms with Crippen LogP contribution in [0, 0.1) is 18.6 Å². The molecule has 0 radical (unpaired) electrons. The average molecular weight is 582 g/mol. The number of pyridine rings is 2. The summed E-state index contributed by atoms with van der Waals surface area (Å²) < 4.78 is 56.4. The fourth-order valence-electron chi connectivity index (χ4n) is 5.01. The number of fused-ring (bicyclic) bond motifs is 1. The summed E-state index contributed by atoms with van der Waals surface area (Å²) in [6.45, 7) is 7.59. The SMILES string of the molecule is C=CC(=O)N1CCN(c2nc(=O)n(-c3c(S(N)(=O)=O)ccnc3C)c3nc(-c4ccccc4F)c(F)cc23)[C@@H](C)C1. The van der Waals surface area contributed by atoms with E-state index < -0.39 is 37.9 Å². The van der Waals surface area contributed by atoms with Crippen molar-refractivity contribution in [1.82, 2.24) is 24.4 Å². The Hall–Kier alpha value is -4.56. The number of carbonyl (C=O) groups is 1. The van der Waals surface area contributed by atoms with Gasteiger partial charge in [0.15, 0.2) is 5.65 Å². The number of anilines is 1. The van der Waals surface area contributed by atoms with Crippen molar-refractivity contribution >= 4 is 32.8 Å². The average Bonchev–Trinajstić information content (AvgIpc) is 2.92. The summed E-state index contributed by atoms with van der Waals surface area (Å²) in [6, 6.07) is 7.27. The first kappa shape index (κ1) is 28.0. The van der Waals surface area contributed by atoms with Gasteiger partial charge in [-0.15, -0.1) is 0 Å². The Kier molecular flexibility index (Phi) is 7.13. The number of halogens is 2. The number of benzene rings is 1. The minimum absolute atomic E-state index is 0.0566. The van der Waals surface area contributed by atoms with Crippen molar-refractivity contribution in [3.63, 3.8) is 0 Å². The first-order valence-corrected chi connectivity index (χ1v) is 14.0. The molecule has 1 amide bonds. The van der Waals surface area contributed by atoms with E-state index in [1.165, 1.54) is 37.4 Å². The standard InChI is InChI=1S/C27H25F2N7O4S/c1-4-22(37)34-11-12-35(15(2)14-34)25-18-13-20(29)23(17-7-5-6-8-19(17)28)32-26(18)36(27(38)33-25)24-16(3)31-10-9-21(24)41(30,39)40/h4-10,13,15H,1,11-12,14H2,2-3H3,(H2,30,39,40)/t15-/m0/s1. The number of hydrogen-bond acceptors (Lipinski definition) is 8. The zero-order chi connectivity index (χ0) is 29.6.